The summed E-state index contributed by atoms with van der Waals surface area (Å²) in [6.45, 7) is 0. The third kappa shape index (κ3) is 2.35. The molecule has 3 saturated carbocycles. The van der Waals surface area contributed by atoms with Gasteiger partial charge in [-0.2, -0.15) is 0 Å². The number of alkyl halides is 1. The molecule has 0 aromatic rings. The van der Waals surface area contributed by atoms with Gasteiger partial charge in [-0.25, -0.2) is 0 Å². The van der Waals surface area contributed by atoms with Crippen molar-refractivity contribution in [3.8, 4) is 0 Å². The fourth-order valence-electron chi connectivity index (χ4n) is 4.66. The van der Waals surface area contributed by atoms with Crippen molar-refractivity contribution in [1.29, 1.82) is 0 Å². The Balaban J connectivity index is 1.42. The van der Waals surface area contributed by atoms with Crippen LogP contribution in [-0.2, 0) is 0 Å². The molecule has 1 heteroatoms. The van der Waals surface area contributed by atoms with E-state index in [4.69, 9.17) is 0 Å². The Morgan fingerprint density at radius 2 is 1.81 bits per heavy atom. The predicted molar refractivity (Wildman–Crippen MR) is 72.8 cm³/mol. The standard InChI is InChI=1S/C15H25Br/c16-15(12-3-1-2-4-12)8-7-14-10-11-5-6-13(14)9-11/h11-15H,1-10H2. The second-order valence-electron chi connectivity index (χ2n) is 6.57. The highest BCUT2D eigenvalue weighted by Gasteiger charge is 2.39. The van der Waals surface area contributed by atoms with E-state index in [-0.39, 0.29) is 0 Å². The maximum absolute atomic E-state index is 3.97. The van der Waals surface area contributed by atoms with Gasteiger partial charge >= 0.3 is 0 Å². The first kappa shape index (κ1) is 11.6. The highest BCUT2D eigenvalue weighted by atomic mass is 79.9. The van der Waals surface area contributed by atoms with Crippen LogP contribution in [0.25, 0.3) is 0 Å². The fourth-order valence-corrected chi connectivity index (χ4v) is 5.45. The molecule has 0 radical (unpaired) electrons. The van der Waals surface area contributed by atoms with Crippen LogP contribution in [0.5, 0.6) is 0 Å². The van der Waals surface area contributed by atoms with Gasteiger partial charge in [0.1, 0.15) is 0 Å². The molecule has 0 aromatic heterocycles. The van der Waals surface area contributed by atoms with Crippen LogP contribution in [0.15, 0.2) is 0 Å². The van der Waals surface area contributed by atoms with Crippen LogP contribution in [-0.4, -0.2) is 4.83 Å². The van der Waals surface area contributed by atoms with Gasteiger partial charge in [0, 0.05) is 4.83 Å². The zero-order chi connectivity index (χ0) is 11.0. The molecular weight excluding hydrogens is 260 g/mol. The lowest BCUT2D eigenvalue weighted by Gasteiger charge is -2.24. The normalized spacial score (nSPS) is 40.7. The largest absolute Gasteiger partial charge is 0.0888 e. The van der Waals surface area contributed by atoms with Gasteiger partial charge in [-0.15, -0.1) is 0 Å². The van der Waals surface area contributed by atoms with E-state index in [9.17, 15) is 0 Å². The third-order valence-electron chi connectivity index (χ3n) is 5.61. The van der Waals surface area contributed by atoms with E-state index < -0.39 is 0 Å². The first-order valence-corrected chi connectivity index (χ1v) is 8.38. The molecule has 3 rings (SSSR count). The average molecular weight is 285 g/mol. The summed E-state index contributed by atoms with van der Waals surface area (Å²) >= 11 is 3.97. The lowest BCUT2D eigenvalue weighted by atomic mass is 9.84. The quantitative estimate of drug-likeness (QED) is 0.626. The first-order valence-electron chi connectivity index (χ1n) is 7.47. The van der Waals surface area contributed by atoms with Gasteiger partial charge in [-0.1, -0.05) is 35.2 Å². The van der Waals surface area contributed by atoms with E-state index in [2.05, 4.69) is 15.9 Å². The summed E-state index contributed by atoms with van der Waals surface area (Å²) in [6.07, 6.45) is 15.2. The minimum absolute atomic E-state index is 0.842. The number of rotatable bonds is 4. The molecular formula is C15H25Br. The van der Waals surface area contributed by atoms with E-state index in [0.29, 0.717) is 0 Å². The Morgan fingerprint density at radius 3 is 2.44 bits per heavy atom. The van der Waals surface area contributed by atoms with E-state index in [1.807, 2.05) is 0 Å². The van der Waals surface area contributed by atoms with Gasteiger partial charge < -0.3 is 0 Å². The van der Waals surface area contributed by atoms with Crippen molar-refractivity contribution in [2.24, 2.45) is 23.7 Å². The number of hydrogen-bond acceptors (Lipinski definition) is 0. The molecule has 0 N–H and O–H groups in total. The Hall–Kier alpha value is 0.480. The van der Waals surface area contributed by atoms with Gasteiger partial charge in [0.15, 0.2) is 0 Å². The Labute approximate surface area is 109 Å². The molecule has 0 amide bonds. The number of hydrogen-bond donors (Lipinski definition) is 0. The molecule has 16 heavy (non-hydrogen) atoms. The van der Waals surface area contributed by atoms with Gasteiger partial charge in [-0.3, -0.25) is 0 Å². The third-order valence-corrected chi connectivity index (χ3v) is 6.81. The molecule has 3 aliphatic carbocycles. The summed E-state index contributed by atoms with van der Waals surface area (Å²) in [7, 11) is 0. The predicted octanol–water partition coefficient (Wildman–Crippen LogP) is 5.16. The topological polar surface area (TPSA) is 0 Å². The van der Waals surface area contributed by atoms with Gasteiger partial charge in [-0.05, 0) is 68.6 Å². The lowest BCUT2D eigenvalue weighted by molar-refractivity contribution is 0.300. The van der Waals surface area contributed by atoms with Crippen LogP contribution in [0.4, 0.5) is 0 Å². The van der Waals surface area contributed by atoms with E-state index in [1.165, 1.54) is 38.5 Å². The van der Waals surface area contributed by atoms with Crippen molar-refractivity contribution in [3.05, 3.63) is 0 Å². The molecule has 0 aromatic carbocycles. The minimum Gasteiger partial charge on any atom is -0.0888 e. The first-order chi connectivity index (χ1) is 7.83. The summed E-state index contributed by atoms with van der Waals surface area (Å²) in [4.78, 5) is 0.842. The molecule has 3 aliphatic rings. The number of fused-ring (bicyclic) bond motifs is 2. The summed E-state index contributed by atoms with van der Waals surface area (Å²) in [6, 6.07) is 0. The summed E-state index contributed by atoms with van der Waals surface area (Å²) in [5.74, 6) is 4.39. The molecule has 4 unspecified atom stereocenters. The molecule has 0 saturated heterocycles. The Morgan fingerprint density at radius 1 is 1.00 bits per heavy atom. The fraction of sp³-hybridized carbons (Fsp3) is 1.00. The molecule has 2 bridgehead atoms. The Kier molecular flexibility index (Phi) is 3.61. The highest BCUT2D eigenvalue weighted by molar-refractivity contribution is 9.09. The summed E-state index contributed by atoms with van der Waals surface area (Å²) < 4.78 is 0. The zero-order valence-corrected chi connectivity index (χ0v) is 11.9. The maximum Gasteiger partial charge on any atom is 0.0174 e. The summed E-state index contributed by atoms with van der Waals surface area (Å²) in [5, 5.41) is 0. The molecule has 3 fully saturated rings. The van der Waals surface area contributed by atoms with Crippen molar-refractivity contribution < 1.29 is 0 Å². The van der Waals surface area contributed by atoms with Crippen LogP contribution in [0.2, 0.25) is 0 Å². The van der Waals surface area contributed by atoms with E-state index in [1.54, 1.807) is 25.7 Å². The average Bonchev–Trinajstić information content (AvgIpc) is 3.01. The molecule has 0 aliphatic heterocycles. The van der Waals surface area contributed by atoms with Crippen LogP contribution < -0.4 is 0 Å². The van der Waals surface area contributed by atoms with Crippen molar-refractivity contribution in [2.45, 2.75) is 69.0 Å². The van der Waals surface area contributed by atoms with Crippen LogP contribution in [0, 0.1) is 23.7 Å². The Bertz CT molecular complexity index is 232. The van der Waals surface area contributed by atoms with Gasteiger partial charge in [0.2, 0.25) is 0 Å². The SMILES string of the molecule is BrC(CCC1CC2CCC1C2)C1CCCC1. The van der Waals surface area contributed by atoms with Crippen molar-refractivity contribution in [1.82, 2.24) is 0 Å². The van der Waals surface area contributed by atoms with Crippen LogP contribution in [0.3, 0.4) is 0 Å². The molecule has 4 atom stereocenters. The molecule has 0 spiro atoms. The molecule has 0 nitrogen and oxygen atoms in total. The van der Waals surface area contributed by atoms with Crippen LogP contribution >= 0.6 is 15.9 Å². The summed E-state index contributed by atoms with van der Waals surface area (Å²) in [5.41, 5.74) is 0. The smallest absolute Gasteiger partial charge is 0.0174 e. The van der Waals surface area contributed by atoms with Gasteiger partial charge in [0.25, 0.3) is 0 Å². The second kappa shape index (κ2) is 5.00. The number of halogens is 1. The monoisotopic (exact) mass is 284 g/mol. The van der Waals surface area contributed by atoms with Crippen LogP contribution in [0.1, 0.15) is 64.2 Å². The van der Waals surface area contributed by atoms with Crippen molar-refractivity contribution in [3.63, 3.8) is 0 Å². The highest BCUT2D eigenvalue weighted by Crippen LogP contribution is 2.50. The van der Waals surface area contributed by atoms with Gasteiger partial charge in [0.05, 0.1) is 0 Å². The molecule has 0 heterocycles. The van der Waals surface area contributed by atoms with Crippen molar-refractivity contribution in [2.75, 3.05) is 0 Å². The second-order valence-corrected chi connectivity index (χ2v) is 7.75. The molecule has 92 valence electrons. The van der Waals surface area contributed by atoms with Crippen molar-refractivity contribution >= 4 is 15.9 Å². The minimum atomic E-state index is 0.842. The maximum atomic E-state index is 3.97. The van der Waals surface area contributed by atoms with E-state index in [0.717, 1.165) is 28.5 Å². The lowest BCUT2D eigenvalue weighted by Crippen LogP contribution is -2.16. The van der Waals surface area contributed by atoms with E-state index >= 15 is 0 Å². The zero-order valence-electron chi connectivity index (χ0n) is 10.3.